The van der Waals surface area contributed by atoms with Gasteiger partial charge in [0.1, 0.15) is 0 Å². The predicted octanol–water partition coefficient (Wildman–Crippen LogP) is 1.33. The fourth-order valence-electron chi connectivity index (χ4n) is 3.32. The molecule has 1 spiro atoms. The van der Waals surface area contributed by atoms with Crippen LogP contribution in [0.4, 0.5) is 8.78 Å². The van der Waals surface area contributed by atoms with Crippen molar-refractivity contribution in [2.75, 3.05) is 0 Å². The quantitative estimate of drug-likeness (QED) is 0.508. The number of aliphatic hydroxyl groups is 4. The molecule has 0 radical (unpaired) electrons. The van der Waals surface area contributed by atoms with Crippen LogP contribution in [0, 0.1) is 11.3 Å². The summed E-state index contributed by atoms with van der Waals surface area (Å²) >= 11 is 0. The van der Waals surface area contributed by atoms with Gasteiger partial charge in [-0.2, -0.15) is 13.7 Å². The summed E-state index contributed by atoms with van der Waals surface area (Å²) in [6, 6.07) is -0.649. The Morgan fingerprint density at radius 1 is 1.14 bits per heavy atom. The monoisotopic (exact) mass is 307 g/mol. The smallest absolute Gasteiger partial charge is 0.276 e. The molecule has 0 aromatic rings. The van der Waals surface area contributed by atoms with Gasteiger partial charge in [0.05, 0.1) is 5.57 Å². The Labute approximate surface area is 122 Å². The number of halogens is 2. The van der Waals surface area contributed by atoms with E-state index in [1.54, 1.807) is 0 Å². The number of hydrogen-bond acceptors (Lipinski definition) is 5. The zero-order valence-corrected chi connectivity index (χ0v) is 12.5. The molecule has 0 bridgehead atoms. The summed E-state index contributed by atoms with van der Waals surface area (Å²) in [6.07, 6.45) is -1.06. The maximum Gasteiger partial charge on any atom is 0.276 e. The molecule has 122 valence electrons. The highest BCUT2D eigenvalue weighted by Crippen LogP contribution is 2.66. The van der Waals surface area contributed by atoms with Crippen LogP contribution in [0.2, 0.25) is 0 Å². The van der Waals surface area contributed by atoms with Crippen molar-refractivity contribution in [3.63, 3.8) is 0 Å². The number of hydrogen-bond donors (Lipinski definition) is 4. The Bertz CT molecular complexity index is 451. The van der Waals surface area contributed by atoms with Crippen molar-refractivity contribution >= 4 is 0 Å². The van der Waals surface area contributed by atoms with Crippen LogP contribution in [0.5, 0.6) is 0 Å². The van der Waals surface area contributed by atoms with E-state index in [0.717, 1.165) is 5.92 Å². The number of rotatable bonds is 0. The lowest BCUT2D eigenvalue weighted by atomic mass is 9.93. The third-order valence-electron chi connectivity index (χ3n) is 4.25. The van der Waals surface area contributed by atoms with Crippen LogP contribution in [0.1, 0.15) is 46.5 Å². The Hall–Kier alpha value is -0.600. The molecule has 0 amide bonds. The lowest BCUT2D eigenvalue weighted by Crippen LogP contribution is -2.57. The maximum absolute atomic E-state index is 12.6. The molecule has 1 atom stereocenters. The maximum atomic E-state index is 12.6. The summed E-state index contributed by atoms with van der Waals surface area (Å²) in [5.41, 5.74) is -1.29. The fraction of sp³-hybridized carbons (Fsp3) is 0.857. The molecule has 21 heavy (non-hydrogen) atoms. The molecule has 4 N–H and O–H groups in total. The first-order valence-corrected chi connectivity index (χ1v) is 7.17. The van der Waals surface area contributed by atoms with Gasteiger partial charge in [0.25, 0.3) is 12.0 Å². The molecule has 0 aromatic heterocycles. The molecule has 1 saturated carbocycles. The van der Waals surface area contributed by atoms with E-state index in [2.05, 4.69) is 20.8 Å². The molecule has 7 heteroatoms. The first kappa shape index (κ1) is 16.8. The van der Waals surface area contributed by atoms with Crippen molar-refractivity contribution in [3.05, 3.63) is 11.7 Å². The minimum absolute atomic E-state index is 0.0330. The van der Waals surface area contributed by atoms with E-state index in [9.17, 15) is 29.2 Å². The lowest BCUT2D eigenvalue weighted by Gasteiger charge is -2.35. The Balaban J connectivity index is 0.000000361. The molecule has 1 aliphatic carbocycles. The third kappa shape index (κ3) is 2.73. The van der Waals surface area contributed by atoms with Crippen LogP contribution in [0.15, 0.2) is 11.7 Å². The second kappa shape index (κ2) is 4.96. The van der Waals surface area contributed by atoms with Gasteiger partial charge >= 0.3 is 0 Å². The van der Waals surface area contributed by atoms with Crippen LogP contribution in [0.25, 0.3) is 0 Å². The van der Waals surface area contributed by atoms with E-state index < -0.39 is 34.9 Å². The highest BCUT2D eigenvalue weighted by atomic mass is 19.3. The average molecular weight is 307 g/mol. The van der Waals surface area contributed by atoms with Gasteiger partial charge in [0.15, 0.2) is 0 Å². The largest absolute Gasteiger partial charge is 0.353 e. The predicted molar refractivity (Wildman–Crippen MR) is 70.6 cm³/mol. The lowest BCUT2D eigenvalue weighted by molar-refractivity contribution is -0.351. The summed E-state index contributed by atoms with van der Waals surface area (Å²) in [5.74, 6) is -4.58. The van der Waals surface area contributed by atoms with Crippen molar-refractivity contribution in [1.29, 1.82) is 0 Å². The first-order chi connectivity index (χ1) is 9.44. The first-order valence-electron chi connectivity index (χ1n) is 7.17. The molecular weight excluding hydrogens is 284 g/mol. The summed E-state index contributed by atoms with van der Waals surface area (Å²) in [6.45, 7) is 6.50. The molecule has 0 aromatic carbocycles. The zero-order valence-electron chi connectivity index (χ0n) is 12.5. The topological polar surface area (TPSA) is 84.2 Å². The van der Waals surface area contributed by atoms with Crippen LogP contribution in [0.3, 0.4) is 0 Å². The minimum Gasteiger partial charge on any atom is -0.353 e. The van der Waals surface area contributed by atoms with Crippen molar-refractivity contribution in [2.24, 2.45) is 11.3 Å². The minimum atomic E-state index is -2.97. The van der Waals surface area contributed by atoms with Gasteiger partial charge in [-0.1, -0.05) is 20.8 Å². The van der Waals surface area contributed by atoms with Crippen LogP contribution in [-0.4, -0.2) is 43.2 Å². The normalized spacial score (nSPS) is 31.1. The van der Waals surface area contributed by atoms with E-state index in [1.807, 2.05) is 0 Å². The van der Waals surface area contributed by atoms with Gasteiger partial charge < -0.3 is 20.4 Å². The Morgan fingerprint density at radius 2 is 1.62 bits per heavy atom. The Kier molecular flexibility index (Phi) is 3.96. The van der Waals surface area contributed by atoms with E-state index in [1.165, 1.54) is 0 Å². The van der Waals surface area contributed by atoms with E-state index in [4.69, 9.17) is 0 Å². The average Bonchev–Trinajstić information content (AvgIpc) is 2.86. The second-order valence-corrected chi connectivity index (χ2v) is 7.01. The summed E-state index contributed by atoms with van der Waals surface area (Å²) < 4.78 is 25.3. The van der Waals surface area contributed by atoms with Crippen molar-refractivity contribution in [3.8, 4) is 0 Å². The summed E-state index contributed by atoms with van der Waals surface area (Å²) in [4.78, 5) is 0.599. The summed E-state index contributed by atoms with van der Waals surface area (Å²) in [5, 5.41) is 39.0. The fourth-order valence-corrected chi connectivity index (χ4v) is 3.32. The molecule has 1 unspecified atom stereocenters. The molecule has 3 aliphatic rings. The van der Waals surface area contributed by atoms with Gasteiger partial charge in [0, 0.05) is 12.5 Å². The van der Waals surface area contributed by atoms with Crippen LogP contribution >= 0.6 is 0 Å². The molecule has 2 aliphatic heterocycles. The van der Waals surface area contributed by atoms with Gasteiger partial charge in [-0.15, -0.1) is 0 Å². The second-order valence-electron chi connectivity index (χ2n) is 7.01. The highest BCUT2D eigenvalue weighted by molar-refractivity contribution is 5.28. The zero-order chi connectivity index (χ0) is 16.2. The number of fused-ring (bicyclic) bond motifs is 2. The SMILES string of the molecule is CC(C)C.OC1(O)CC2(CC2)C2CC(=C(F)F)C(O)(O)N21. The molecule has 2 saturated heterocycles. The van der Waals surface area contributed by atoms with Crippen molar-refractivity contribution in [2.45, 2.75) is 64.3 Å². The standard InChI is InChI=1S/C10H13F2NO4.C4H10/c11-7(12)5-3-6-8(1-2-8)4-9(14,15)13(6)10(5,16)17;1-4(2)3/h6,14-17H,1-4H2;4H,1-3H3. The van der Waals surface area contributed by atoms with Crippen molar-refractivity contribution in [1.82, 2.24) is 4.90 Å². The van der Waals surface area contributed by atoms with Crippen LogP contribution < -0.4 is 0 Å². The van der Waals surface area contributed by atoms with Gasteiger partial charge in [0.2, 0.25) is 5.91 Å². The van der Waals surface area contributed by atoms with Crippen molar-refractivity contribution < 1.29 is 29.2 Å². The van der Waals surface area contributed by atoms with Gasteiger partial charge in [-0.3, -0.25) is 0 Å². The van der Waals surface area contributed by atoms with E-state index in [0.29, 0.717) is 17.7 Å². The van der Waals surface area contributed by atoms with Gasteiger partial charge in [-0.25, -0.2) is 0 Å². The molecule has 3 fully saturated rings. The Morgan fingerprint density at radius 3 is 2.00 bits per heavy atom. The molecule has 2 heterocycles. The van der Waals surface area contributed by atoms with Gasteiger partial charge in [-0.05, 0) is 30.6 Å². The van der Waals surface area contributed by atoms with Crippen LogP contribution in [-0.2, 0) is 0 Å². The molecule has 3 rings (SSSR count). The molecule has 5 nitrogen and oxygen atoms in total. The third-order valence-corrected chi connectivity index (χ3v) is 4.25. The highest BCUT2D eigenvalue weighted by Gasteiger charge is 2.73. The van der Waals surface area contributed by atoms with E-state index in [-0.39, 0.29) is 12.8 Å². The van der Waals surface area contributed by atoms with E-state index >= 15 is 0 Å². The summed E-state index contributed by atoms with van der Waals surface area (Å²) in [7, 11) is 0. The number of nitrogens with zero attached hydrogens (tertiary/aromatic N) is 1. The molecular formula is C14H23F2NO4.